The van der Waals surface area contributed by atoms with E-state index >= 15 is 0 Å². The molecule has 0 radical (unpaired) electrons. The normalized spacial score (nSPS) is 25.1. The summed E-state index contributed by atoms with van der Waals surface area (Å²) in [6.07, 6.45) is 4.26. The first-order valence-electron chi connectivity index (χ1n) is 15.6. The van der Waals surface area contributed by atoms with Gasteiger partial charge in [0.25, 0.3) is 0 Å². The first kappa shape index (κ1) is 32.6. The standard InChI is InChI=1S/2C16H21NO4S/c2*1-2-21-16(18)13-9-10-17-15(13)12-5-3-4-6-14(12)22(19,20)11-7-8-11/h2*3-6,11,13,15,17H,2,7-10H2,1H3/t2*13-,15+/m10/s1. The summed E-state index contributed by atoms with van der Waals surface area (Å²) >= 11 is 0. The number of nitrogens with one attached hydrogen (secondary N) is 2. The van der Waals surface area contributed by atoms with Crippen LogP contribution >= 0.6 is 0 Å². The predicted molar refractivity (Wildman–Crippen MR) is 164 cm³/mol. The highest BCUT2D eigenvalue weighted by Crippen LogP contribution is 2.41. The number of benzene rings is 2. The molecule has 2 aromatic carbocycles. The minimum Gasteiger partial charge on any atom is -0.466 e. The monoisotopic (exact) mass is 646 g/mol. The highest BCUT2D eigenvalue weighted by Gasteiger charge is 2.43. The van der Waals surface area contributed by atoms with Gasteiger partial charge in [-0.2, -0.15) is 0 Å². The van der Waals surface area contributed by atoms with Crippen LogP contribution in [0, 0.1) is 11.8 Å². The summed E-state index contributed by atoms with van der Waals surface area (Å²) in [6.45, 7) is 5.60. The van der Waals surface area contributed by atoms with Crippen LogP contribution in [0.4, 0.5) is 0 Å². The van der Waals surface area contributed by atoms with Gasteiger partial charge in [-0.1, -0.05) is 36.4 Å². The minimum atomic E-state index is -3.29. The van der Waals surface area contributed by atoms with Crippen molar-refractivity contribution in [3.05, 3.63) is 59.7 Å². The van der Waals surface area contributed by atoms with Crippen LogP contribution in [0.1, 0.15) is 75.6 Å². The number of carbonyl (C=O) groups excluding carboxylic acids is 2. The second kappa shape index (κ2) is 13.7. The molecule has 2 aliphatic carbocycles. The lowest BCUT2D eigenvalue weighted by molar-refractivity contribution is -0.149. The van der Waals surface area contributed by atoms with Crippen LogP contribution < -0.4 is 10.6 Å². The summed E-state index contributed by atoms with van der Waals surface area (Å²) in [7, 11) is -6.57. The number of ether oxygens (including phenoxy) is 2. The molecule has 0 spiro atoms. The molecule has 2 N–H and O–H groups in total. The van der Waals surface area contributed by atoms with Crippen LogP contribution in [0.3, 0.4) is 0 Å². The van der Waals surface area contributed by atoms with Gasteiger partial charge in [-0.05, 0) is 88.7 Å². The van der Waals surface area contributed by atoms with Gasteiger partial charge in [-0.25, -0.2) is 16.8 Å². The van der Waals surface area contributed by atoms with Crippen LogP contribution in [0.2, 0.25) is 0 Å². The molecule has 12 heteroatoms. The predicted octanol–water partition coefficient (Wildman–Crippen LogP) is 3.67. The fraction of sp³-hybridized carbons (Fsp3) is 0.562. The van der Waals surface area contributed by atoms with Gasteiger partial charge in [0.1, 0.15) is 0 Å². The van der Waals surface area contributed by atoms with E-state index in [2.05, 4.69) is 10.6 Å². The molecule has 2 aliphatic heterocycles. The minimum absolute atomic E-state index is 0.254. The Morgan fingerprint density at radius 1 is 0.636 bits per heavy atom. The van der Waals surface area contributed by atoms with Crippen molar-refractivity contribution < 1.29 is 35.9 Å². The van der Waals surface area contributed by atoms with Crippen molar-refractivity contribution in [2.45, 2.75) is 84.7 Å². The Morgan fingerprint density at radius 2 is 1.00 bits per heavy atom. The maximum atomic E-state index is 12.6. The zero-order valence-corrected chi connectivity index (χ0v) is 26.9. The fourth-order valence-electron chi connectivity index (χ4n) is 6.18. The lowest BCUT2D eigenvalue weighted by Gasteiger charge is -2.21. The molecule has 2 saturated carbocycles. The van der Waals surface area contributed by atoms with Gasteiger partial charge in [0.2, 0.25) is 0 Å². The van der Waals surface area contributed by atoms with Gasteiger partial charge in [0, 0.05) is 12.1 Å². The van der Waals surface area contributed by atoms with Crippen LogP contribution in [0.15, 0.2) is 58.3 Å². The molecule has 4 aliphatic rings. The second-order valence-electron chi connectivity index (χ2n) is 11.7. The van der Waals surface area contributed by atoms with Crippen molar-refractivity contribution in [3.8, 4) is 0 Å². The van der Waals surface area contributed by atoms with E-state index < -0.39 is 19.7 Å². The third-order valence-electron chi connectivity index (χ3n) is 8.67. The molecular formula is C32H42N2O8S2. The van der Waals surface area contributed by atoms with Crippen molar-refractivity contribution in [1.29, 1.82) is 0 Å². The number of esters is 2. The molecule has 4 atom stereocenters. The van der Waals surface area contributed by atoms with E-state index in [-0.39, 0.29) is 46.4 Å². The molecule has 44 heavy (non-hydrogen) atoms. The number of hydrogen-bond donors (Lipinski definition) is 2. The highest BCUT2D eigenvalue weighted by atomic mass is 32.2. The Bertz CT molecular complexity index is 1450. The SMILES string of the molecule is CCOC(=O)[C@@H]1CCN[C@H]1c1ccccc1S(=O)(=O)C1CC1.CCOC(=O)[C@H]1CCN[C@@H]1c1ccccc1S(=O)(=O)C1CC1. The Labute approximate surface area is 260 Å². The number of sulfone groups is 2. The van der Waals surface area contributed by atoms with Gasteiger partial charge in [-0.15, -0.1) is 0 Å². The van der Waals surface area contributed by atoms with E-state index in [1.54, 1.807) is 38.1 Å². The van der Waals surface area contributed by atoms with E-state index in [1.807, 2.05) is 24.3 Å². The maximum Gasteiger partial charge on any atom is 0.310 e. The van der Waals surface area contributed by atoms with Gasteiger partial charge >= 0.3 is 11.9 Å². The molecule has 0 amide bonds. The average Bonchev–Trinajstić information content (AvgIpc) is 3.95. The summed E-state index contributed by atoms with van der Waals surface area (Å²) in [5.41, 5.74) is 1.40. The van der Waals surface area contributed by atoms with E-state index in [1.165, 1.54) is 0 Å². The summed E-state index contributed by atoms with van der Waals surface area (Å²) < 4.78 is 60.8. The van der Waals surface area contributed by atoms with E-state index in [4.69, 9.17) is 9.47 Å². The molecule has 2 aromatic rings. The summed E-state index contributed by atoms with van der Waals surface area (Å²) in [6, 6.07) is 13.5. The van der Waals surface area contributed by atoms with Crippen molar-refractivity contribution in [3.63, 3.8) is 0 Å². The summed E-state index contributed by atoms with van der Waals surface area (Å²) in [5.74, 6) is -1.15. The molecule has 0 unspecified atom stereocenters. The maximum absolute atomic E-state index is 12.6. The number of hydrogen-bond acceptors (Lipinski definition) is 10. The average molecular weight is 647 g/mol. The first-order chi connectivity index (χ1) is 21.1. The topological polar surface area (TPSA) is 145 Å². The second-order valence-corrected chi connectivity index (χ2v) is 16.1. The Balaban J connectivity index is 0.000000175. The third kappa shape index (κ3) is 6.88. The van der Waals surface area contributed by atoms with Crippen LogP contribution in [0.25, 0.3) is 0 Å². The molecule has 0 aromatic heterocycles. The van der Waals surface area contributed by atoms with Crippen molar-refractivity contribution in [1.82, 2.24) is 10.6 Å². The molecular weight excluding hydrogens is 604 g/mol. The van der Waals surface area contributed by atoms with Gasteiger partial charge < -0.3 is 20.1 Å². The largest absolute Gasteiger partial charge is 0.466 e. The number of carbonyl (C=O) groups is 2. The van der Waals surface area contributed by atoms with Gasteiger partial charge in [0.05, 0.1) is 45.3 Å². The van der Waals surface area contributed by atoms with Crippen LogP contribution in [0.5, 0.6) is 0 Å². The highest BCUT2D eigenvalue weighted by molar-refractivity contribution is 7.92. The van der Waals surface area contributed by atoms with Crippen LogP contribution in [-0.2, 0) is 38.7 Å². The Hall–Kier alpha value is -2.80. The molecule has 2 heterocycles. The molecule has 2 saturated heterocycles. The van der Waals surface area contributed by atoms with Gasteiger partial charge in [0.15, 0.2) is 19.7 Å². The smallest absolute Gasteiger partial charge is 0.310 e. The molecule has 4 fully saturated rings. The molecule has 0 bridgehead atoms. The Kier molecular flexibility index (Phi) is 10.1. The van der Waals surface area contributed by atoms with Crippen molar-refractivity contribution in [2.24, 2.45) is 11.8 Å². The van der Waals surface area contributed by atoms with E-state index in [0.29, 0.717) is 60.1 Å². The van der Waals surface area contributed by atoms with Crippen molar-refractivity contribution in [2.75, 3.05) is 26.3 Å². The Morgan fingerprint density at radius 3 is 1.34 bits per heavy atom. The fourth-order valence-corrected chi connectivity index (χ4v) is 9.99. The van der Waals surface area contributed by atoms with E-state index in [9.17, 15) is 26.4 Å². The van der Waals surface area contributed by atoms with Crippen molar-refractivity contribution >= 4 is 31.6 Å². The quantitative estimate of drug-likeness (QED) is 0.367. The molecule has 6 rings (SSSR count). The molecule has 10 nitrogen and oxygen atoms in total. The lowest BCUT2D eigenvalue weighted by atomic mass is 9.94. The summed E-state index contributed by atoms with van der Waals surface area (Å²) in [4.78, 5) is 25.0. The zero-order valence-electron chi connectivity index (χ0n) is 25.2. The number of rotatable bonds is 10. The van der Waals surface area contributed by atoms with Gasteiger partial charge in [-0.3, -0.25) is 9.59 Å². The molecule has 240 valence electrons. The van der Waals surface area contributed by atoms with E-state index in [0.717, 1.165) is 25.7 Å². The third-order valence-corrected chi connectivity index (χ3v) is 13.3. The summed E-state index contributed by atoms with van der Waals surface area (Å²) in [5, 5.41) is 6.03. The first-order valence-corrected chi connectivity index (χ1v) is 18.7. The van der Waals surface area contributed by atoms with Crippen LogP contribution in [-0.4, -0.2) is 65.6 Å². The zero-order chi connectivity index (χ0) is 31.5. The lowest BCUT2D eigenvalue weighted by Crippen LogP contribution is -2.27.